The average molecular weight is 507 g/mol. The van der Waals surface area contributed by atoms with Crippen LogP contribution in [0.1, 0.15) is 5.56 Å². The van der Waals surface area contributed by atoms with Gasteiger partial charge in [0.2, 0.25) is 5.91 Å². The standard InChI is InChI=1S/C24H24ClFN2O5S/c1-16-5-11-22(33-4)23(13-16)34(30,31)28(19-10-12-21(32-3)20(25)14-19)15-24(29)27(2)18-8-6-17(26)7-9-18/h5-14H,15H2,1-4H3. The van der Waals surface area contributed by atoms with Gasteiger partial charge >= 0.3 is 0 Å². The highest BCUT2D eigenvalue weighted by atomic mass is 35.5. The normalized spacial score (nSPS) is 11.1. The van der Waals surface area contributed by atoms with Crippen molar-refractivity contribution >= 4 is 38.9 Å². The molecule has 0 unspecified atom stereocenters. The third-order valence-corrected chi connectivity index (χ3v) is 7.27. The molecule has 0 saturated heterocycles. The second kappa shape index (κ2) is 10.3. The molecule has 3 aromatic rings. The Kier molecular flexibility index (Phi) is 7.68. The number of likely N-dealkylation sites (N-methyl/N-ethyl adjacent to an activating group) is 1. The number of hydrogen-bond donors (Lipinski definition) is 0. The van der Waals surface area contributed by atoms with Crippen LogP contribution in [0.2, 0.25) is 5.02 Å². The number of sulfonamides is 1. The van der Waals surface area contributed by atoms with Crippen molar-refractivity contribution in [1.29, 1.82) is 0 Å². The van der Waals surface area contributed by atoms with Gasteiger partial charge in [-0.15, -0.1) is 0 Å². The minimum atomic E-state index is -4.27. The SMILES string of the molecule is COc1ccc(N(CC(=O)N(C)c2ccc(F)cc2)S(=O)(=O)c2cc(C)ccc2OC)cc1Cl. The van der Waals surface area contributed by atoms with E-state index in [1.807, 2.05) is 0 Å². The molecule has 0 fully saturated rings. The van der Waals surface area contributed by atoms with Crippen LogP contribution in [0.15, 0.2) is 65.6 Å². The van der Waals surface area contributed by atoms with E-state index in [0.717, 1.165) is 4.31 Å². The first-order valence-electron chi connectivity index (χ1n) is 10.1. The van der Waals surface area contributed by atoms with E-state index in [4.69, 9.17) is 21.1 Å². The maximum Gasteiger partial charge on any atom is 0.268 e. The van der Waals surface area contributed by atoms with Crippen molar-refractivity contribution in [2.45, 2.75) is 11.8 Å². The Morgan fingerprint density at radius 3 is 2.12 bits per heavy atom. The molecule has 0 aromatic heterocycles. The van der Waals surface area contributed by atoms with Crippen LogP contribution in [0.3, 0.4) is 0 Å². The monoisotopic (exact) mass is 506 g/mol. The number of benzene rings is 3. The summed E-state index contributed by atoms with van der Waals surface area (Å²) in [7, 11) is 0.0144. The summed E-state index contributed by atoms with van der Waals surface area (Å²) < 4.78 is 52.3. The largest absolute Gasteiger partial charge is 0.495 e. The van der Waals surface area contributed by atoms with Gasteiger partial charge in [-0.2, -0.15) is 0 Å². The molecule has 1 amide bonds. The predicted molar refractivity (Wildman–Crippen MR) is 130 cm³/mol. The van der Waals surface area contributed by atoms with Gasteiger partial charge in [-0.25, -0.2) is 12.8 Å². The number of hydrogen-bond acceptors (Lipinski definition) is 5. The molecular weight excluding hydrogens is 483 g/mol. The number of methoxy groups -OCH3 is 2. The lowest BCUT2D eigenvalue weighted by Gasteiger charge is -2.27. The summed E-state index contributed by atoms with van der Waals surface area (Å²) in [4.78, 5) is 14.3. The Morgan fingerprint density at radius 1 is 0.941 bits per heavy atom. The van der Waals surface area contributed by atoms with E-state index in [9.17, 15) is 17.6 Å². The zero-order valence-corrected chi connectivity index (χ0v) is 20.7. The van der Waals surface area contributed by atoms with Gasteiger partial charge in [-0.05, 0) is 67.1 Å². The van der Waals surface area contributed by atoms with Crippen LogP contribution in [-0.4, -0.2) is 42.1 Å². The number of anilines is 2. The van der Waals surface area contributed by atoms with E-state index in [1.165, 1.54) is 74.7 Å². The van der Waals surface area contributed by atoms with Crippen LogP contribution in [0.25, 0.3) is 0 Å². The maximum absolute atomic E-state index is 13.8. The number of rotatable bonds is 8. The lowest BCUT2D eigenvalue weighted by Crippen LogP contribution is -2.42. The second-order valence-electron chi connectivity index (χ2n) is 7.41. The summed E-state index contributed by atoms with van der Waals surface area (Å²) in [5.41, 5.74) is 1.27. The molecule has 0 spiro atoms. The molecule has 3 rings (SSSR count). The molecule has 0 aliphatic heterocycles. The minimum Gasteiger partial charge on any atom is -0.495 e. The summed E-state index contributed by atoms with van der Waals surface area (Å²) in [6.07, 6.45) is 0. The van der Waals surface area contributed by atoms with Gasteiger partial charge in [0.1, 0.15) is 28.8 Å². The number of halogens is 2. The van der Waals surface area contributed by atoms with Gasteiger partial charge in [0, 0.05) is 12.7 Å². The molecule has 0 saturated carbocycles. The summed E-state index contributed by atoms with van der Waals surface area (Å²) in [6, 6.07) is 14.5. The first-order chi connectivity index (χ1) is 16.1. The maximum atomic E-state index is 13.8. The van der Waals surface area contributed by atoms with Gasteiger partial charge < -0.3 is 14.4 Å². The van der Waals surface area contributed by atoms with Crippen molar-refractivity contribution in [3.8, 4) is 11.5 Å². The molecule has 3 aromatic carbocycles. The van der Waals surface area contributed by atoms with Crippen molar-refractivity contribution in [3.05, 3.63) is 77.1 Å². The Balaban J connectivity index is 2.09. The lowest BCUT2D eigenvalue weighted by molar-refractivity contribution is -0.116. The fourth-order valence-corrected chi connectivity index (χ4v) is 5.17. The van der Waals surface area contributed by atoms with Crippen LogP contribution < -0.4 is 18.7 Å². The quantitative estimate of drug-likeness (QED) is 0.444. The third-order valence-electron chi connectivity index (χ3n) is 5.18. The molecule has 10 heteroatoms. The number of carbonyl (C=O) groups excluding carboxylic acids is 1. The van der Waals surface area contributed by atoms with Gasteiger partial charge in [-0.3, -0.25) is 9.10 Å². The predicted octanol–water partition coefficient (Wildman–Crippen LogP) is 4.66. The molecule has 7 nitrogen and oxygen atoms in total. The topological polar surface area (TPSA) is 76.2 Å². The molecule has 180 valence electrons. The van der Waals surface area contributed by atoms with Crippen molar-refractivity contribution in [2.75, 3.05) is 37.0 Å². The molecule has 0 atom stereocenters. The number of ether oxygens (including phenoxy) is 2. The Hall–Kier alpha value is -3.30. The number of carbonyl (C=O) groups is 1. The molecule has 0 bridgehead atoms. The van der Waals surface area contributed by atoms with Crippen molar-refractivity contribution in [3.63, 3.8) is 0 Å². The van der Waals surface area contributed by atoms with Gasteiger partial charge in [0.05, 0.1) is 24.9 Å². The lowest BCUT2D eigenvalue weighted by atomic mass is 10.2. The summed E-state index contributed by atoms with van der Waals surface area (Å²) >= 11 is 6.26. The van der Waals surface area contributed by atoms with Gasteiger partial charge in [-0.1, -0.05) is 17.7 Å². The number of amides is 1. The van der Waals surface area contributed by atoms with E-state index < -0.39 is 28.3 Å². The smallest absolute Gasteiger partial charge is 0.268 e. The summed E-state index contributed by atoms with van der Waals surface area (Å²) in [6.45, 7) is 1.20. The van der Waals surface area contributed by atoms with Gasteiger partial charge in [0.25, 0.3) is 10.0 Å². The van der Waals surface area contributed by atoms with Crippen molar-refractivity contribution in [1.82, 2.24) is 0 Å². The fourth-order valence-electron chi connectivity index (χ4n) is 3.27. The van der Waals surface area contributed by atoms with Crippen LogP contribution >= 0.6 is 11.6 Å². The van der Waals surface area contributed by atoms with Crippen molar-refractivity contribution in [2.24, 2.45) is 0 Å². The van der Waals surface area contributed by atoms with Crippen LogP contribution in [-0.2, 0) is 14.8 Å². The molecular formula is C24H24ClFN2O5S. The Labute approximate surface area is 203 Å². The van der Waals surface area contributed by atoms with Crippen LogP contribution in [0.4, 0.5) is 15.8 Å². The molecule has 0 heterocycles. The summed E-state index contributed by atoms with van der Waals surface area (Å²) in [5, 5.41) is 0.177. The third kappa shape index (κ3) is 5.26. The molecule has 0 radical (unpaired) electrons. The zero-order chi connectivity index (χ0) is 25.0. The van der Waals surface area contributed by atoms with Crippen LogP contribution in [0.5, 0.6) is 11.5 Å². The number of nitrogens with zero attached hydrogens (tertiary/aromatic N) is 2. The first-order valence-corrected chi connectivity index (χ1v) is 11.9. The second-order valence-corrected chi connectivity index (χ2v) is 9.65. The van der Waals surface area contributed by atoms with E-state index in [2.05, 4.69) is 0 Å². The van der Waals surface area contributed by atoms with Crippen LogP contribution in [0, 0.1) is 12.7 Å². The average Bonchev–Trinajstić information content (AvgIpc) is 2.82. The van der Waals surface area contributed by atoms with Gasteiger partial charge in [0.15, 0.2) is 0 Å². The minimum absolute atomic E-state index is 0.0980. The molecule has 0 aliphatic carbocycles. The molecule has 0 aliphatic rings. The zero-order valence-electron chi connectivity index (χ0n) is 19.1. The summed E-state index contributed by atoms with van der Waals surface area (Å²) in [5.74, 6) is -0.512. The highest BCUT2D eigenvalue weighted by Crippen LogP contribution is 2.34. The fraction of sp³-hybridized carbons (Fsp3) is 0.208. The van der Waals surface area contributed by atoms with E-state index in [0.29, 0.717) is 17.0 Å². The van der Waals surface area contributed by atoms with E-state index in [1.54, 1.807) is 19.1 Å². The highest BCUT2D eigenvalue weighted by Gasteiger charge is 2.31. The number of aryl methyl sites for hydroxylation is 1. The van der Waals surface area contributed by atoms with E-state index >= 15 is 0 Å². The Bertz CT molecular complexity index is 1300. The molecule has 34 heavy (non-hydrogen) atoms. The highest BCUT2D eigenvalue weighted by molar-refractivity contribution is 7.93. The first kappa shape index (κ1) is 25.3. The Morgan fingerprint density at radius 2 is 1.53 bits per heavy atom. The van der Waals surface area contributed by atoms with Crippen molar-refractivity contribution < 1.29 is 27.1 Å². The molecule has 0 N–H and O–H groups in total. The van der Waals surface area contributed by atoms with E-state index in [-0.39, 0.29) is 21.4 Å².